The van der Waals surface area contributed by atoms with Crippen LogP contribution in [0.25, 0.3) is 0 Å². The second-order valence-corrected chi connectivity index (χ2v) is 4.99. The number of benzene rings is 1. The van der Waals surface area contributed by atoms with Gasteiger partial charge in [0.05, 0.1) is 14.2 Å². The number of amides is 1. The lowest BCUT2D eigenvalue weighted by atomic mass is 10.2. The summed E-state index contributed by atoms with van der Waals surface area (Å²) in [6, 6.07) is 3.36. The maximum Gasteiger partial charge on any atom is 0.251 e. The zero-order valence-corrected chi connectivity index (χ0v) is 14.9. The van der Waals surface area contributed by atoms with E-state index in [9.17, 15) is 4.79 Å². The molecular formula is C14H22BrClN2O3. The normalized spacial score (nSPS) is 9.71. The molecule has 0 radical (unpaired) electrons. The lowest BCUT2D eigenvalue weighted by Crippen LogP contribution is -2.32. The molecule has 0 fully saturated rings. The third-order valence-electron chi connectivity index (χ3n) is 2.72. The number of hydrogen-bond donors (Lipinski definition) is 2. The third kappa shape index (κ3) is 6.11. The summed E-state index contributed by atoms with van der Waals surface area (Å²) in [4.78, 5) is 12.1. The van der Waals surface area contributed by atoms with Gasteiger partial charge in [0, 0.05) is 18.7 Å². The molecular weight excluding hydrogens is 360 g/mol. The zero-order chi connectivity index (χ0) is 15.0. The predicted octanol–water partition coefficient (Wildman–Crippen LogP) is 2.62. The second kappa shape index (κ2) is 10.7. The van der Waals surface area contributed by atoms with Crippen LogP contribution in [0, 0.1) is 0 Å². The van der Waals surface area contributed by atoms with Crippen molar-refractivity contribution >= 4 is 34.2 Å². The zero-order valence-electron chi connectivity index (χ0n) is 12.5. The first kappa shape index (κ1) is 20.0. The number of nitrogens with one attached hydrogen (secondary N) is 2. The van der Waals surface area contributed by atoms with E-state index < -0.39 is 0 Å². The lowest BCUT2D eigenvalue weighted by Gasteiger charge is -2.12. The maximum atomic E-state index is 12.1. The second-order valence-electron chi connectivity index (χ2n) is 4.20. The average Bonchev–Trinajstić information content (AvgIpc) is 2.47. The molecule has 1 aromatic carbocycles. The molecule has 2 N–H and O–H groups in total. The van der Waals surface area contributed by atoms with Gasteiger partial charge in [-0.1, -0.05) is 6.92 Å². The smallest absolute Gasteiger partial charge is 0.251 e. The monoisotopic (exact) mass is 380 g/mol. The molecule has 0 aliphatic heterocycles. The first-order chi connectivity index (χ1) is 9.63. The van der Waals surface area contributed by atoms with Crippen LogP contribution in [0.4, 0.5) is 0 Å². The maximum absolute atomic E-state index is 12.1. The van der Waals surface area contributed by atoms with E-state index in [-0.39, 0.29) is 18.3 Å². The van der Waals surface area contributed by atoms with Gasteiger partial charge in [-0.15, -0.1) is 12.4 Å². The van der Waals surface area contributed by atoms with E-state index in [4.69, 9.17) is 9.47 Å². The molecule has 0 saturated heterocycles. The van der Waals surface area contributed by atoms with Crippen LogP contribution >= 0.6 is 28.3 Å². The number of methoxy groups -OCH3 is 2. The molecule has 0 heterocycles. The van der Waals surface area contributed by atoms with Gasteiger partial charge < -0.3 is 20.1 Å². The summed E-state index contributed by atoms with van der Waals surface area (Å²) < 4.78 is 11.1. The highest BCUT2D eigenvalue weighted by Gasteiger charge is 2.14. The van der Waals surface area contributed by atoms with Crippen molar-refractivity contribution in [1.82, 2.24) is 10.6 Å². The van der Waals surface area contributed by atoms with Crippen molar-refractivity contribution in [2.45, 2.75) is 13.3 Å². The number of halogens is 2. The molecule has 0 saturated carbocycles. The van der Waals surface area contributed by atoms with Crippen molar-refractivity contribution in [3.63, 3.8) is 0 Å². The number of carbonyl (C=O) groups is 1. The first-order valence-corrected chi connectivity index (χ1v) is 7.33. The topological polar surface area (TPSA) is 59.6 Å². The number of carbonyl (C=O) groups excluding carboxylic acids is 1. The molecule has 1 rings (SSSR count). The van der Waals surface area contributed by atoms with E-state index >= 15 is 0 Å². The van der Waals surface area contributed by atoms with Crippen LogP contribution in [0.15, 0.2) is 16.6 Å². The van der Waals surface area contributed by atoms with Crippen molar-refractivity contribution in [3.05, 3.63) is 22.2 Å². The Labute approximate surface area is 140 Å². The average molecular weight is 382 g/mol. The van der Waals surface area contributed by atoms with Gasteiger partial charge in [-0.3, -0.25) is 4.79 Å². The van der Waals surface area contributed by atoms with Gasteiger partial charge in [-0.25, -0.2) is 0 Å². The van der Waals surface area contributed by atoms with Crippen LogP contribution in [-0.2, 0) is 0 Å². The van der Waals surface area contributed by atoms with Gasteiger partial charge in [0.15, 0.2) is 0 Å². The Kier molecular flexibility index (Phi) is 10.2. The lowest BCUT2D eigenvalue weighted by molar-refractivity contribution is 0.0953. The Morgan fingerprint density at radius 3 is 2.19 bits per heavy atom. The highest BCUT2D eigenvalue weighted by atomic mass is 79.9. The summed E-state index contributed by atoms with van der Waals surface area (Å²) in [7, 11) is 3.10. The van der Waals surface area contributed by atoms with Crippen LogP contribution in [0.1, 0.15) is 23.7 Å². The summed E-state index contributed by atoms with van der Waals surface area (Å²) >= 11 is 3.37. The molecule has 1 amide bonds. The van der Waals surface area contributed by atoms with E-state index in [2.05, 4.69) is 33.5 Å². The Morgan fingerprint density at radius 1 is 1.14 bits per heavy atom. The highest BCUT2D eigenvalue weighted by molar-refractivity contribution is 9.10. The predicted molar refractivity (Wildman–Crippen MR) is 90.0 cm³/mol. The molecule has 0 aliphatic rings. The van der Waals surface area contributed by atoms with Crippen molar-refractivity contribution in [3.8, 4) is 11.5 Å². The van der Waals surface area contributed by atoms with Gasteiger partial charge in [-0.05, 0) is 41.0 Å². The van der Waals surface area contributed by atoms with Crippen LogP contribution in [0.5, 0.6) is 11.5 Å². The summed E-state index contributed by atoms with van der Waals surface area (Å²) in [5.41, 5.74) is 0.511. The Morgan fingerprint density at radius 2 is 1.71 bits per heavy atom. The van der Waals surface area contributed by atoms with Gasteiger partial charge in [0.2, 0.25) is 0 Å². The number of ether oxygens (including phenoxy) is 2. The van der Waals surface area contributed by atoms with Gasteiger partial charge in [-0.2, -0.15) is 0 Å². The molecule has 21 heavy (non-hydrogen) atoms. The van der Waals surface area contributed by atoms with Crippen LogP contribution < -0.4 is 20.1 Å². The standard InChI is InChI=1S/C14H21BrN2O3.ClH/c1-4-5-16-6-7-17-14(18)10-8-11(19-2)13(15)12(9-10)20-3;/h8-9,16H,4-7H2,1-3H3,(H,17,18);1H. The summed E-state index contributed by atoms with van der Waals surface area (Å²) in [6.07, 6.45) is 1.08. The minimum atomic E-state index is -0.146. The highest BCUT2D eigenvalue weighted by Crippen LogP contribution is 2.35. The molecule has 1 aromatic rings. The van der Waals surface area contributed by atoms with Gasteiger partial charge >= 0.3 is 0 Å². The number of hydrogen-bond acceptors (Lipinski definition) is 4. The summed E-state index contributed by atoms with van der Waals surface area (Å²) in [6.45, 7) is 4.39. The van der Waals surface area contributed by atoms with Crippen molar-refractivity contribution < 1.29 is 14.3 Å². The van der Waals surface area contributed by atoms with Crippen molar-refractivity contribution in [2.75, 3.05) is 33.9 Å². The molecule has 0 aromatic heterocycles. The molecule has 0 atom stereocenters. The third-order valence-corrected chi connectivity index (χ3v) is 3.50. The minimum absolute atomic E-state index is 0. The van der Waals surface area contributed by atoms with E-state index in [0.717, 1.165) is 19.5 Å². The quantitative estimate of drug-likeness (QED) is 0.680. The largest absolute Gasteiger partial charge is 0.495 e. The van der Waals surface area contributed by atoms with Crippen molar-refractivity contribution in [1.29, 1.82) is 0 Å². The summed E-state index contributed by atoms with van der Waals surface area (Å²) in [5, 5.41) is 6.08. The van der Waals surface area contributed by atoms with Crippen LogP contribution in [0.2, 0.25) is 0 Å². The Balaban J connectivity index is 0.00000400. The fraction of sp³-hybridized carbons (Fsp3) is 0.500. The Hall–Kier alpha value is -0.980. The molecule has 0 unspecified atom stereocenters. The van der Waals surface area contributed by atoms with Gasteiger partial charge in [0.1, 0.15) is 16.0 Å². The minimum Gasteiger partial charge on any atom is -0.495 e. The molecule has 7 heteroatoms. The molecule has 0 aliphatic carbocycles. The van der Waals surface area contributed by atoms with Gasteiger partial charge in [0.25, 0.3) is 5.91 Å². The van der Waals surface area contributed by atoms with E-state index in [1.54, 1.807) is 26.4 Å². The molecule has 0 spiro atoms. The molecule has 5 nitrogen and oxygen atoms in total. The van der Waals surface area contributed by atoms with Crippen LogP contribution in [-0.4, -0.2) is 39.8 Å². The molecule has 0 bridgehead atoms. The van der Waals surface area contributed by atoms with E-state index in [1.807, 2.05) is 0 Å². The van der Waals surface area contributed by atoms with Crippen molar-refractivity contribution in [2.24, 2.45) is 0 Å². The molecule has 120 valence electrons. The van der Waals surface area contributed by atoms with E-state index in [0.29, 0.717) is 28.1 Å². The summed E-state index contributed by atoms with van der Waals surface area (Å²) in [5.74, 6) is 0.990. The SMILES string of the molecule is CCCNCCNC(=O)c1cc(OC)c(Br)c(OC)c1.Cl. The van der Waals surface area contributed by atoms with E-state index in [1.165, 1.54) is 0 Å². The Bertz CT molecular complexity index is 433. The number of rotatable bonds is 8. The fourth-order valence-electron chi connectivity index (χ4n) is 1.67. The fourth-order valence-corrected chi connectivity index (χ4v) is 2.22. The van der Waals surface area contributed by atoms with Crippen LogP contribution in [0.3, 0.4) is 0 Å². The first-order valence-electron chi connectivity index (χ1n) is 6.54.